The number of ether oxygens (including phenoxy) is 2. The Labute approximate surface area is 120 Å². The molecule has 5 nitrogen and oxygen atoms in total. The van der Waals surface area contributed by atoms with Gasteiger partial charge in [-0.3, -0.25) is 4.79 Å². The second-order valence-corrected chi connectivity index (χ2v) is 3.52. The van der Waals surface area contributed by atoms with Crippen LogP contribution >= 0.6 is 0 Å². The molecule has 0 atom stereocenters. The number of nitrogens with zero attached hydrogens (tertiary/aromatic N) is 2. The zero-order valence-electron chi connectivity index (χ0n) is 14.7. The normalized spacial score (nSPS) is 8.16. The molecule has 0 unspecified atom stereocenters. The first-order chi connectivity index (χ1) is 8.95. The van der Waals surface area contributed by atoms with Gasteiger partial charge < -0.3 is 19.3 Å². The molecule has 0 spiro atoms. The van der Waals surface area contributed by atoms with Crippen molar-refractivity contribution in [1.29, 1.82) is 0 Å². The summed E-state index contributed by atoms with van der Waals surface area (Å²) in [6.45, 7) is 10.0. The number of hydrogen-bond acceptors (Lipinski definition) is 4. The molecule has 0 fully saturated rings. The van der Waals surface area contributed by atoms with Crippen LogP contribution in [0.4, 0.5) is 0 Å². The van der Waals surface area contributed by atoms with Crippen molar-refractivity contribution in [2.45, 2.75) is 27.7 Å². The third kappa shape index (κ3) is 38.2. The molecule has 120 valence electrons. The Kier molecular flexibility index (Phi) is 36.7. The maximum atomic E-state index is 10.5. The van der Waals surface area contributed by atoms with Crippen LogP contribution in [0.3, 0.4) is 0 Å². The Morgan fingerprint density at radius 3 is 1.42 bits per heavy atom. The monoisotopic (exact) mass is 280 g/mol. The largest absolute Gasteiger partial charge is 0.383 e. The van der Waals surface area contributed by atoms with Crippen LogP contribution in [0, 0.1) is 0 Å². The maximum absolute atomic E-state index is 10.5. The summed E-state index contributed by atoms with van der Waals surface area (Å²) < 4.78 is 9.38. The summed E-state index contributed by atoms with van der Waals surface area (Å²) in [6, 6.07) is 0. The first-order valence-electron chi connectivity index (χ1n) is 6.78. The summed E-state index contributed by atoms with van der Waals surface area (Å²) in [7, 11) is 10.7. The van der Waals surface area contributed by atoms with Crippen molar-refractivity contribution in [2.75, 3.05) is 62.2 Å². The predicted molar refractivity (Wildman–Crippen MR) is 83.7 cm³/mol. The lowest BCUT2D eigenvalue weighted by molar-refractivity contribution is -0.132. The van der Waals surface area contributed by atoms with E-state index >= 15 is 0 Å². The van der Waals surface area contributed by atoms with Gasteiger partial charge in [-0.2, -0.15) is 0 Å². The molecule has 1 amide bonds. The standard InChI is InChI=1S/C5H11NO2.C5H13NO.2C2H6/c1-6(2)5(7)4-8-3;1-6(2)4-5-7-3;2*1-2/h4H2,1-3H3;4-5H2,1-3H3;2*1-2H3. The fraction of sp³-hybridized carbons (Fsp3) is 0.929. The predicted octanol–water partition coefficient (Wildman–Crippen LogP) is 1.97. The molecule has 0 N–H and O–H groups in total. The van der Waals surface area contributed by atoms with Gasteiger partial charge in [-0.15, -0.1) is 0 Å². The Morgan fingerprint density at radius 1 is 0.895 bits per heavy atom. The summed E-state index contributed by atoms with van der Waals surface area (Å²) in [5.41, 5.74) is 0. The summed E-state index contributed by atoms with van der Waals surface area (Å²) >= 11 is 0. The number of carbonyl (C=O) groups is 1. The molecule has 0 heterocycles. The molecule has 0 rings (SSSR count). The Morgan fingerprint density at radius 2 is 1.32 bits per heavy atom. The van der Waals surface area contributed by atoms with Gasteiger partial charge in [0.2, 0.25) is 5.91 Å². The molecule has 0 saturated carbocycles. The fourth-order valence-corrected chi connectivity index (χ4v) is 0.526. The van der Waals surface area contributed by atoms with Gasteiger partial charge in [0.1, 0.15) is 6.61 Å². The van der Waals surface area contributed by atoms with Crippen molar-refractivity contribution in [1.82, 2.24) is 9.80 Å². The number of carbonyl (C=O) groups excluding carboxylic acids is 1. The van der Waals surface area contributed by atoms with Crippen LogP contribution in [0.2, 0.25) is 0 Å². The molecule has 0 aromatic rings. The van der Waals surface area contributed by atoms with Crippen molar-refractivity contribution in [2.24, 2.45) is 0 Å². The van der Waals surface area contributed by atoms with Crippen molar-refractivity contribution in [3.8, 4) is 0 Å². The number of likely N-dealkylation sites (N-methyl/N-ethyl adjacent to an activating group) is 2. The summed E-state index contributed by atoms with van der Waals surface area (Å²) in [5, 5.41) is 0. The lowest BCUT2D eigenvalue weighted by atomic mass is 10.6. The van der Waals surface area contributed by atoms with Gasteiger partial charge in [0, 0.05) is 34.9 Å². The van der Waals surface area contributed by atoms with Crippen LogP contribution < -0.4 is 0 Å². The minimum Gasteiger partial charge on any atom is -0.383 e. The van der Waals surface area contributed by atoms with Crippen LogP contribution in [0.15, 0.2) is 0 Å². The minimum atomic E-state index is -0.00694. The highest BCUT2D eigenvalue weighted by molar-refractivity contribution is 5.76. The summed E-state index contributed by atoms with van der Waals surface area (Å²) in [5.74, 6) is -0.00694. The van der Waals surface area contributed by atoms with Gasteiger partial charge >= 0.3 is 0 Å². The van der Waals surface area contributed by atoms with Crippen LogP contribution in [0.25, 0.3) is 0 Å². The molecule has 0 aliphatic carbocycles. The molecule has 5 heteroatoms. The van der Waals surface area contributed by atoms with Gasteiger partial charge in [-0.25, -0.2) is 0 Å². The van der Waals surface area contributed by atoms with E-state index in [4.69, 9.17) is 4.74 Å². The molecule has 0 aromatic heterocycles. The summed E-state index contributed by atoms with van der Waals surface area (Å²) in [4.78, 5) is 14.1. The van der Waals surface area contributed by atoms with E-state index in [2.05, 4.69) is 9.64 Å². The maximum Gasteiger partial charge on any atom is 0.248 e. The van der Waals surface area contributed by atoms with Gasteiger partial charge in [0.05, 0.1) is 6.61 Å². The molecular formula is C14H36N2O3. The van der Waals surface area contributed by atoms with E-state index in [0.717, 1.165) is 13.2 Å². The highest BCUT2D eigenvalue weighted by Gasteiger charge is 1.99. The van der Waals surface area contributed by atoms with Crippen molar-refractivity contribution < 1.29 is 14.3 Å². The molecule has 0 aliphatic heterocycles. The SMILES string of the molecule is CC.CC.COCC(=O)N(C)C.COCCN(C)C. The number of rotatable bonds is 5. The van der Waals surface area contributed by atoms with Gasteiger partial charge in [0.15, 0.2) is 0 Å². The average Bonchev–Trinajstić information content (AvgIpc) is 2.42. The average molecular weight is 280 g/mol. The van der Waals surface area contributed by atoms with Crippen LogP contribution in [-0.2, 0) is 14.3 Å². The third-order valence-corrected chi connectivity index (χ3v) is 1.51. The molecule has 19 heavy (non-hydrogen) atoms. The molecular weight excluding hydrogens is 244 g/mol. The number of amides is 1. The smallest absolute Gasteiger partial charge is 0.248 e. The van der Waals surface area contributed by atoms with E-state index in [9.17, 15) is 4.79 Å². The molecule has 0 bridgehead atoms. The Hall–Kier alpha value is -0.650. The Bertz CT molecular complexity index is 152. The first-order valence-corrected chi connectivity index (χ1v) is 6.78. The van der Waals surface area contributed by atoms with E-state index in [-0.39, 0.29) is 12.5 Å². The van der Waals surface area contributed by atoms with Crippen molar-refractivity contribution >= 4 is 5.91 Å². The molecule has 0 radical (unpaired) electrons. The van der Waals surface area contributed by atoms with E-state index in [1.165, 1.54) is 12.0 Å². The van der Waals surface area contributed by atoms with E-state index in [0.29, 0.717) is 0 Å². The lowest BCUT2D eigenvalue weighted by Crippen LogP contribution is -2.25. The number of methoxy groups -OCH3 is 2. The zero-order chi connectivity index (χ0) is 16.3. The molecule has 0 saturated heterocycles. The lowest BCUT2D eigenvalue weighted by Gasteiger charge is -2.07. The van der Waals surface area contributed by atoms with E-state index in [1.807, 2.05) is 41.8 Å². The molecule has 0 aliphatic rings. The second kappa shape index (κ2) is 26.0. The minimum absolute atomic E-state index is 0.00694. The highest BCUT2D eigenvalue weighted by atomic mass is 16.5. The Balaban J connectivity index is -0.0000000941. The first kappa shape index (κ1) is 26.8. The molecule has 0 aromatic carbocycles. The van der Waals surface area contributed by atoms with Gasteiger partial charge in [0.25, 0.3) is 0 Å². The fourth-order valence-electron chi connectivity index (χ4n) is 0.526. The van der Waals surface area contributed by atoms with Gasteiger partial charge in [-0.05, 0) is 14.1 Å². The van der Waals surface area contributed by atoms with Crippen LogP contribution in [0.5, 0.6) is 0 Å². The quantitative estimate of drug-likeness (QED) is 0.772. The van der Waals surface area contributed by atoms with Gasteiger partial charge in [-0.1, -0.05) is 27.7 Å². The topological polar surface area (TPSA) is 42.0 Å². The highest BCUT2D eigenvalue weighted by Crippen LogP contribution is 1.76. The van der Waals surface area contributed by atoms with Crippen molar-refractivity contribution in [3.05, 3.63) is 0 Å². The van der Waals surface area contributed by atoms with E-state index < -0.39 is 0 Å². The van der Waals surface area contributed by atoms with Crippen molar-refractivity contribution in [3.63, 3.8) is 0 Å². The van der Waals surface area contributed by atoms with Crippen LogP contribution in [0.1, 0.15) is 27.7 Å². The third-order valence-electron chi connectivity index (χ3n) is 1.51. The number of hydrogen-bond donors (Lipinski definition) is 0. The summed E-state index contributed by atoms with van der Waals surface area (Å²) in [6.07, 6.45) is 0. The van der Waals surface area contributed by atoms with E-state index in [1.54, 1.807) is 21.2 Å². The zero-order valence-corrected chi connectivity index (χ0v) is 14.7. The second-order valence-electron chi connectivity index (χ2n) is 3.52. The van der Waals surface area contributed by atoms with Crippen LogP contribution in [-0.4, -0.2) is 77.9 Å².